The van der Waals surface area contributed by atoms with Gasteiger partial charge in [-0.2, -0.15) is 0 Å². The van der Waals surface area contributed by atoms with E-state index in [9.17, 15) is 0 Å². The standard InChI is InChI=1S/C13H23N5O/c1-10(13-14-15-16-17(13)2)18-7-5-12(6-8-18)19-9-11-3-4-11/h10-12H,3-9H2,1-2H3/t10-/m0/s1. The summed E-state index contributed by atoms with van der Waals surface area (Å²) < 4.78 is 7.74. The third-order valence-electron chi connectivity index (χ3n) is 4.32. The van der Waals surface area contributed by atoms with Crippen LogP contribution in [0.5, 0.6) is 0 Å². The molecule has 0 N–H and O–H groups in total. The number of tetrazole rings is 1. The average molecular weight is 265 g/mol. The minimum absolute atomic E-state index is 0.282. The van der Waals surface area contributed by atoms with Gasteiger partial charge >= 0.3 is 0 Å². The molecule has 106 valence electrons. The van der Waals surface area contributed by atoms with E-state index in [1.165, 1.54) is 12.8 Å². The number of nitrogens with zero attached hydrogens (tertiary/aromatic N) is 5. The predicted octanol–water partition coefficient (Wildman–Crippen LogP) is 1.16. The molecule has 6 heteroatoms. The number of rotatable bonds is 5. The molecule has 1 aliphatic heterocycles. The fourth-order valence-electron chi connectivity index (χ4n) is 2.74. The maximum Gasteiger partial charge on any atom is 0.167 e. The van der Waals surface area contributed by atoms with Crippen molar-refractivity contribution in [3.8, 4) is 0 Å². The highest BCUT2D eigenvalue weighted by Gasteiger charge is 2.28. The van der Waals surface area contributed by atoms with Crippen LogP contribution in [0, 0.1) is 5.92 Å². The van der Waals surface area contributed by atoms with Crippen LogP contribution < -0.4 is 0 Å². The Morgan fingerprint density at radius 2 is 2.00 bits per heavy atom. The molecule has 1 saturated carbocycles. The molecule has 0 bridgehead atoms. The number of aromatic nitrogens is 4. The molecular weight excluding hydrogens is 242 g/mol. The van der Waals surface area contributed by atoms with Crippen LogP contribution in [0.1, 0.15) is 44.5 Å². The topological polar surface area (TPSA) is 56.1 Å². The summed E-state index contributed by atoms with van der Waals surface area (Å²) in [5.74, 6) is 1.80. The molecule has 2 aliphatic rings. The van der Waals surface area contributed by atoms with Gasteiger partial charge in [-0.05, 0) is 49.0 Å². The lowest BCUT2D eigenvalue weighted by Gasteiger charge is -2.35. The van der Waals surface area contributed by atoms with Gasteiger partial charge in [0.25, 0.3) is 0 Å². The number of ether oxygens (including phenoxy) is 1. The van der Waals surface area contributed by atoms with Crippen LogP contribution in [0.2, 0.25) is 0 Å². The van der Waals surface area contributed by atoms with Crippen LogP contribution in [0.25, 0.3) is 0 Å². The van der Waals surface area contributed by atoms with E-state index < -0.39 is 0 Å². The van der Waals surface area contributed by atoms with E-state index in [4.69, 9.17) is 4.74 Å². The van der Waals surface area contributed by atoms with Crippen molar-refractivity contribution in [3.63, 3.8) is 0 Å². The molecule has 0 amide bonds. The Morgan fingerprint density at radius 3 is 2.58 bits per heavy atom. The lowest BCUT2D eigenvalue weighted by Crippen LogP contribution is -2.39. The minimum atomic E-state index is 0.282. The number of aryl methyl sites for hydroxylation is 1. The first-order valence-electron chi connectivity index (χ1n) is 7.32. The van der Waals surface area contributed by atoms with Crippen LogP contribution in [-0.4, -0.2) is 50.9 Å². The summed E-state index contributed by atoms with van der Waals surface area (Å²) in [6.45, 7) is 5.30. The van der Waals surface area contributed by atoms with Crippen LogP contribution >= 0.6 is 0 Å². The maximum absolute atomic E-state index is 5.98. The van der Waals surface area contributed by atoms with Crippen LogP contribution in [-0.2, 0) is 11.8 Å². The largest absolute Gasteiger partial charge is 0.378 e. The van der Waals surface area contributed by atoms with Crippen molar-refractivity contribution in [1.29, 1.82) is 0 Å². The van der Waals surface area contributed by atoms with E-state index in [-0.39, 0.29) is 6.04 Å². The summed E-state index contributed by atoms with van der Waals surface area (Å²) in [5.41, 5.74) is 0. The van der Waals surface area contributed by atoms with E-state index in [0.29, 0.717) is 6.10 Å². The van der Waals surface area contributed by atoms with Crippen molar-refractivity contribution >= 4 is 0 Å². The molecule has 2 heterocycles. The molecule has 1 aromatic rings. The molecule has 0 spiro atoms. The van der Waals surface area contributed by atoms with Crippen molar-refractivity contribution in [2.24, 2.45) is 13.0 Å². The molecule has 6 nitrogen and oxygen atoms in total. The second-order valence-electron chi connectivity index (χ2n) is 5.85. The van der Waals surface area contributed by atoms with Gasteiger partial charge in [0.1, 0.15) is 0 Å². The number of hydrogen-bond donors (Lipinski definition) is 0. The smallest absolute Gasteiger partial charge is 0.167 e. The first-order valence-corrected chi connectivity index (χ1v) is 7.32. The summed E-state index contributed by atoms with van der Waals surface area (Å²) >= 11 is 0. The van der Waals surface area contributed by atoms with E-state index in [1.807, 2.05) is 7.05 Å². The highest BCUT2D eigenvalue weighted by atomic mass is 16.5. The molecule has 1 aromatic heterocycles. The number of hydrogen-bond acceptors (Lipinski definition) is 5. The van der Waals surface area contributed by atoms with Crippen molar-refractivity contribution < 1.29 is 4.74 Å². The molecule has 0 aromatic carbocycles. The zero-order chi connectivity index (χ0) is 13.2. The van der Waals surface area contributed by atoms with Gasteiger partial charge in [-0.1, -0.05) is 0 Å². The van der Waals surface area contributed by atoms with Crippen molar-refractivity contribution in [2.45, 2.75) is 44.8 Å². The van der Waals surface area contributed by atoms with Gasteiger partial charge in [-0.25, -0.2) is 4.68 Å². The summed E-state index contributed by atoms with van der Waals surface area (Å²) in [6, 6.07) is 0.282. The monoisotopic (exact) mass is 265 g/mol. The Kier molecular flexibility index (Phi) is 3.79. The Hall–Kier alpha value is -1.01. The van der Waals surface area contributed by atoms with Crippen molar-refractivity contribution in [2.75, 3.05) is 19.7 Å². The van der Waals surface area contributed by atoms with Gasteiger partial charge in [0.15, 0.2) is 5.82 Å². The summed E-state index contributed by atoms with van der Waals surface area (Å²) in [6.07, 6.45) is 5.45. The molecule has 1 aliphatic carbocycles. The molecular formula is C13H23N5O. The minimum Gasteiger partial charge on any atom is -0.378 e. The molecule has 0 unspecified atom stereocenters. The van der Waals surface area contributed by atoms with Gasteiger partial charge in [-0.3, -0.25) is 4.90 Å². The van der Waals surface area contributed by atoms with Gasteiger partial charge < -0.3 is 4.74 Å². The Bertz CT molecular complexity index is 409. The van der Waals surface area contributed by atoms with Crippen LogP contribution in [0.3, 0.4) is 0 Å². The second kappa shape index (κ2) is 5.54. The fourth-order valence-corrected chi connectivity index (χ4v) is 2.74. The van der Waals surface area contributed by atoms with Gasteiger partial charge in [-0.15, -0.1) is 5.10 Å². The fraction of sp³-hybridized carbons (Fsp3) is 0.923. The van der Waals surface area contributed by atoms with Crippen LogP contribution in [0.15, 0.2) is 0 Å². The molecule has 3 rings (SSSR count). The maximum atomic E-state index is 5.98. The molecule has 1 atom stereocenters. The number of piperidine rings is 1. The van der Waals surface area contributed by atoms with E-state index >= 15 is 0 Å². The Balaban J connectivity index is 1.47. The normalized spacial score (nSPS) is 23.7. The van der Waals surface area contributed by atoms with Gasteiger partial charge in [0.2, 0.25) is 0 Å². The van der Waals surface area contributed by atoms with E-state index in [0.717, 1.165) is 44.3 Å². The average Bonchev–Trinajstić information content (AvgIpc) is 3.17. The highest BCUT2D eigenvalue weighted by molar-refractivity contribution is 4.91. The second-order valence-corrected chi connectivity index (χ2v) is 5.85. The third kappa shape index (κ3) is 3.12. The van der Waals surface area contributed by atoms with Gasteiger partial charge in [0, 0.05) is 26.7 Å². The third-order valence-corrected chi connectivity index (χ3v) is 4.32. The Morgan fingerprint density at radius 1 is 1.26 bits per heavy atom. The molecule has 0 radical (unpaired) electrons. The quantitative estimate of drug-likeness (QED) is 0.799. The zero-order valence-corrected chi connectivity index (χ0v) is 11.8. The summed E-state index contributed by atoms with van der Waals surface area (Å²) in [5, 5.41) is 11.7. The van der Waals surface area contributed by atoms with Crippen LogP contribution in [0.4, 0.5) is 0 Å². The Labute approximate surface area is 114 Å². The number of likely N-dealkylation sites (tertiary alicyclic amines) is 1. The SMILES string of the molecule is C[C@@H](c1nnnn1C)N1CCC(OCC2CC2)CC1. The zero-order valence-electron chi connectivity index (χ0n) is 11.8. The van der Waals surface area contributed by atoms with E-state index in [2.05, 4.69) is 27.3 Å². The van der Waals surface area contributed by atoms with Gasteiger partial charge in [0.05, 0.1) is 12.1 Å². The van der Waals surface area contributed by atoms with Crippen molar-refractivity contribution in [3.05, 3.63) is 5.82 Å². The summed E-state index contributed by atoms with van der Waals surface area (Å²) in [7, 11) is 1.90. The molecule has 19 heavy (non-hydrogen) atoms. The highest BCUT2D eigenvalue weighted by Crippen LogP contribution is 2.30. The first-order chi connectivity index (χ1) is 9.24. The first kappa shape index (κ1) is 13.0. The van der Waals surface area contributed by atoms with E-state index in [1.54, 1.807) is 4.68 Å². The predicted molar refractivity (Wildman–Crippen MR) is 70.5 cm³/mol. The lowest BCUT2D eigenvalue weighted by atomic mass is 10.1. The summed E-state index contributed by atoms with van der Waals surface area (Å²) in [4.78, 5) is 2.45. The lowest BCUT2D eigenvalue weighted by molar-refractivity contribution is -0.00613. The van der Waals surface area contributed by atoms with Crippen molar-refractivity contribution in [1.82, 2.24) is 25.1 Å². The molecule has 2 fully saturated rings. The molecule has 1 saturated heterocycles.